The number of aryl methyl sites for hydroxylation is 2. The average Bonchev–Trinajstić information content (AvgIpc) is 2.96. The molecule has 0 aliphatic carbocycles. The topological polar surface area (TPSA) is 66.9 Å². The highest BCUT2D eigenvalue weighted by atomic mass is 32.1. The van der Waals surface area contributed by atoms with Crippen LogP contribution in [0, 0.1) is 13.8 Å². The van der Waals surface area contributed by atoms with Crippen molar-refractivity contribution < 1.29 is 4.79 Å². The molecule has 24 heavy (non-hydrogen) atoms. The van der Waals surface area contributed by atoms with Crippen LogP contribution in [0.4, 0.5) is 16.6 Å². The first-order valence-corrected chi connectivity index (χ1v) is 8.47. The summed E-state index contributed by atoms with van der Waals surface area (Å²) in [5.41, 5.74) is 3.82. The van der Waals surface area contributed by atoms with Crippen LogP contribution in [0.3, 0.4) is 0 Å². The molecule has 122 valence electrons. The molecule has 0 radical (unpaired) electrons. The highest BCUT2D eigenvalue weighted by Crippen LogP contribution is 2.20. The Bertz CT molecular complexity index is 842. The summed E-state index contributed by atoms with van der Waals surface area (Å²) in [6.45, 7) is 4.02. The maximum Gasteiger partial charge on any atom is 0.230 e. The van der Waals surface area contributed by atoms with Crippen molar-refractivity contribution in [2.24, 2.45) is 0 Å². The minimum absolute atomic E-state index is 0.0793. The number of amides is 1. The minimum atomic E-state index is -0.0793. The van der Waals surface area contributed by atoms with E-state index in [9.17, 15) is 4.79 Å². The number of nitrogens with one attached hydrogen (secondary N) is 2. The van der Waals surface area contributed by atoms with Gasteiger partial charge in [-0.1, -0.05) is 17.7 Å². The molecule has 0 unspecified atom stereocenters. The van der Waals surface area contributed by atoms with E-state index >= 15 is 0 Å². The number of nitrogens with zero attached hydrogens (tertiary/aromatic N) is 2. The molecule has 1 aromatic carbocycles. The smallest absolute Gasteiger partial charge is 0.230 e. The number of aromatic nitrogens is 2. The first-order valence-electron chi connectivity index (χ1n) is 7.59. The van der Waals surface area contributed by atoms with Crippen LogP contribution in [-0.2, 0) is 11.2 Å². The number of pyridine rings is 1. The van der Waals surface area contributed by atoms with Crippen LogP contribution < -0.4 is 10.6 Å². The standard InChI is InChI=1S/C18H18N4OS/c1-12-3-5-14(6-4-12)20-17(23)10-15-11-24-18(21-15)22-16-9-13(2)7-8-19-16/h3-9,11H,10H2,1-2H3,(H,20,23)(H,19,21,22). The molecule has 2 aromatic heterocycles. The Morgan fingerprint density at radius 3 is 2.67 bits per heavy atom. The number of rotatable bonds is 5. The fraction of sp³-hybridized carbons (Fsp3) is 0.167. The summed E-state index contributed by atoms with van der Waals surface area (Å²) in [6, 6.07) is 11.6. The van der Waals surface area contributed by atoms with Gasteiger partial charge in [-0.2, -0.15) is 0 Å². The van der Waals surface area contributed by atoms with Crippen molar-refractivity contribution in [3.63, 3.8) is 0 Å². The molecule has 2 heterocycles. The predicted molar refractivity (Wildman–Crippen MR) is 97.9 cm³/mol. The molecule has 1 amide bonds. The zero-order chi connectivity index (χ0) is 16.9. The molecular weight excluding hydrogens is 320 g/mol. The Hall–Kier alpha value is -2.73. The van der Waals surface area contributed by atoms with Gasteiger partial charge in [0.2, 0.25) is 5.91 Å². The van der Waals surface area contributed by atoms with Gasteiger partial charge < -0.3 is 10.6 Å². The van der Waals surface area contributed by atoms with Crippen LogP contribution in [-0.4, -0.2) is 15.9 Å². The van der Waals surface area contributed by atoms with Crippen LogP contribution in [0.15, 0.2) is 48.0 Å². The van der Waals surface area contributed by atoms with E-state index < -0.39 is 0 Å². The van der Waals surface area contributed by atoms with Crippen molar-refractivity contribution in [2.45, 2.75) is 20.3 Å². The molecule has 3 rings (SSSR count). The van der Waals surface area contributed by atoms with E-state index in [0.29, 0.717) is 0 Å². The average molecular weight is 338 g/mol. The maximum absolute atomic E-state index is 12.1. The Balaban J connectivity index is 1.59. The number of hydrogen-bond acceptors (Lipinski definition) is 5. The number of thiazole rings is 1. The van der Waals surface area contributed by atoms with Crippen LogP contribution >= 0.6 is 11.3 Å². The fourth-order valence-electron chi connectivity index (χ4n) is 2.17. The molecule has 5 nitrogen and oxygen atoms in total. The summed E-state index contributed by atoms with van der Waals surface area (Å²) < 4.78 is 0. The zero-order valence-electron chi connectivity index (χ0n) is 13.5. The molecule has 0 saturated carbocycles. The third-order valence-corrected chi connectivity index (χ3v) is 4.19. The number of carbonyl (C=O) groups is 1. The lowest BCUT2D eigenvalue weighted by Crippen LogP contribution is -2.14. The molecular formula is C18H18N4OS. The van der Waals surface area contributed by atoms with E-state index in [0.717, 1.165) is 33.5 Å². The second-order valence-corrected chi connectivity index (χ2v) is 6.44. The van der Waals surface area contributed by atoms with Gasteiger partial charge in [0.05, 0.1) is 12.1 Å². The van der Waals surface area contributed by atoms with Crippen LogP contribution in [0.2, 0.25) is 0 Å². The van der Waals surface area contributed by atoms with Crippen molar-refractivity contribution in [3.05, 3.63) is 64.8 Å². The summed E-state index contributed by atoms with van der Waals surface area (Å²) >= 11 is 1.46. The van der Waals surface area contributed by atoms with Gasteiger partial charge >= 0.3 is 0 Å². The maximum atomic E-state index is 12.1. The molecule has 0 aliphatic heterocycles. The SMILES string of the molecule is Cc1ccc(NC(=O)Cc2csc(Nc3cc(C)ccn3)n2)cc1. The van der Waals surface area contributed by atoms with Crippen LogP contribution in [0.5, 0.6) is 0 Å². The van der Waals surface area contributed by atoms with Gasteiger partial charge in [-0.05, 0) is 43.7 Å². The number of hydrogen-bond donors (Lipinski definition) is 2. The van der Waals surface area contributed by atoms with Gasteiger partial charge in [0.1, 0.15) is 5.82 Å². The molecule has 2 N–H and O–H groups in total. The van der Waals surface area contributed by atoms with Gasteiger partial charge in [0.25, 0.3) is 0 Å². The molecule has 0 saturated heterocycles. The Labute approximate surface area is 144 Å². The highest BCUT2D eigenvalue weighted by molar-refractivity contribution is 7.13. The number of benzene rings is 1. The van der Waals surface area contributed by atoms with Gasteiger partial charge in [-0.25, -0.2) is 9.97 Å². The zero-order valence-corrected chi connectivity index (χ0v) is 14.4. The van der Waals surface area contributed by atoms with E-state index in [-0.39, 0.29) is 12.3 Å². The quantitative estimate of drug-likeness (QED) is 0.735. The van der Waals surface area contributed by atoms with Crippen LogP contribution in [0.1, 0.15) is 16.8 Å². The molecule has 0 bridgehead atoms. The lowest BCUT2D eigenvalue weighted by Gasteiger charge is -2.04. The Kier molecular flexibility index (Phi) is 4.86. The van der Waals surface area contributed by atoms with E-state index in [4.69, 9.17) is 0 Å². The van der Waals surface area contributed by atoms with E-state index in [1.165, 1.54) is 11.3 Å². The van der Waals surface area contributed by atoms with E-state index in [2.05, 4.69) is 20.6 Å². The molecule has 0 aliphatic rings. The fourth-order valence-corrected chi connectivity index (χ4v) is 2.88. The third kappa shape index (κ3) is 4.39. The second-order valence-electron chi connectivity index (χ2n) is 5.58. The minimum Gasteiger partial charge on any atom is -0.326 e. The van der Waals surface area contributed by atoms with Gasteiger partial charge in [0.15, 0.2) is 5.13 Å². The molecule has 3 aromatic rings. The van der Waals surface area contributed by atoms with Crippen molar-refractivity contribution in [1.82, 2.24) is 9.97 Å². The van der Waals surface area contributed by atoms with E-state index in [1.807, 2.05) is 55.6 Å². The largest absolute Gasteiger partial charge is 0.326 e. The van der Waals surface area contributed by atoms with Gasteiger partial charge in [0, 0.05) is 17.3 Å². The summed E-state index contributed by atoms with van der Waals surface area (Å²) in [7, 11) is 0. The molecule has 0 fully saturated rings. The molecule has 6 heteroatoms. The van der Waals surface area contributed by atoms with Crippen molar-refractivity contribution in [3.8, 4) is 0 Å². The first kappa shape index (κ1) is 16.1. The van der Waals surface area contributed by atoms with Crippen LogP contribution in [0.25, 0.3) is 0 Å². The second kappa shape index (κ2) is 7.23. The Morgan fingerprint density at radius 1 is 1.12 bits per heavy atom. The molecule has 0 atom stereocenters. The Morgan fingerprint density at radius 2 is 1.92 bits per heavy atom. The van der Waals surface area contributed by atoms with Gasteiger partial charge in [-0.3, -0.25) is 4.79 Å². The monoisotopic (exact) mass is 338 g/mol. The number of carbonyl (C=O) groups excluding carboxylic acids is 1. The third-order valence-electron chi connectivity index (χ3n) is 3.38. The predicted octanol–water partition coefficient (Wildman–Crippen LogP) is 4.08. The number of anilines is 3. The summed E-state index contributed by atoms with van der Waals surface area (Å²) in [4.78, 5) is 20.8. The van der Waals surface area contributed by atoms with Crippen molar-refractivity contribution in [2.75, 3.05) is 10.6 Å². The summed E-state index contributed by atoms with van der Waals surface area (Å²) in [5, 5.41) is 8.65. The van der Waals surface area contributed by atoms with E-state index in [1.54, 1.807) is 6.20 Å². The van der Waals surface area contributed by atoms with Crippen molar-refractivity contribution in [1.29, 1.82) is 0 Å². The lowest BCUT2D eigenvalue weighted by atomic mass is 10.2. The summed E-state index contributed by atoms with van der Waals surface area (Å²) in [5.74, 6) is 0.671. The summed E-state index contributed by atoms with van der Waals surface area (Å²) in [6.07, 6.45) is 1.99. The highest BCUT2D eigenvalue weighted by Gasteiger charge is 2.09. The normalized spacial score (nSPS) is 10.4. The molecule has 0 spiro atoms. The van der Waals surface area contributed by atoms with Crippen molar-refractivity contribution >= 4 is 33.9 Å². The lowest BCUT2D eigenvalue weighted by molar-refractivity contribution is -0.115. The van der Waals surface area contributed by atoms with Gasteiger partial charge in [-0.15, -0.1) is 11.3 Å². The first-order chi connectivity index (χ1) is 11.6.